The van der Waals surface area contributed by atoms with Crippen molar-refractivity contribution in [3.63, 3.8) is 0 Å². The maximum absolute atomic E-state index is 13.4. The van der Waals surface area contributed by atoms with Crippen molar-refractivity contribution in [1.82, 2.24) is 0 Å². The average molecular weight is 459 g/mol. The van der Waals surface area contributed by atoms with Gasteiger partial charge in [-0.2, -0.15) is 0 Å². The molecule has 2 N–H and O–H groups in total. The highest BCUT2D eigenvalue weighted by Crippen LogP contribution is 2.45. The van der Waals surface area contributed by atoms with Crippen molar-refractivity contribution >= 4 is 23.1 Å². The van der Waals surface area contributed by atoms with Gasteiger partial charge in [-0.25, -0.2) is 0 Å². The molecule has 1 aliphatic heterocycles. The number of Topliss-reactive ketones (excluding diaryl/α,β-unsaturated/α-hetero) is 1. The van der Waals surface area contributed by atoms with Gasteiger partial charge in [0.25, 0.3) is 11.7 Å². The van der Waals surface area contributed by atoms with Crippen molar-refractivity contribution in [1.29, 1.82) is 0 Å². The molecule has 0 saturated carbocycles. The lowest BCUT2D eigenvalue weighted by Crippen LogP contribution is -2.29. The molecule has 0 aliphatic carbocycles. The number of phenols is 1. The minimum atomic E-state index is -0.934. The second-order valence-electron chi connectivity index (χ2n) is 8.14. The Kier molecular flexibility index (Phi) is 6.03. The minimum absolute atomic E-state index is 0.0403. The number of amides is 1. The number of hydrogen-bond acceptors (Lipinski definition) is 6. The molecule has 1 amide bonds. The van der Waals surface area contributed by atoms with Crippen LogP contribution in [0, 0.1) is 13.8 Å². The number of nitrogens with zero attached hydrogens (tertiary/aromatic N) is 1. The van der Waals surface area contributed by atoms with Gasteiger partial charge in [-0.1, -0.05) is 24.3 Å². The smallest absolute Gasteiger partial charge is 0.300 e. The molecule has 3 aromatic carbocycles. The number of anilines is 1. The van der Waals surface area contributed by atoms with E-state index in [9.17, 15) is 19.8 Å². The van der Waals surface area contributed by atoms with Crippen LogP contribution in [-0.2, 0) is 9.59 Å². The van der Waals surface area contributed by atoms with Gasteiger partial charge >= 0.3 is 0 Å². The lowest BCUT2D eigenvalue weighted by Gasteiger charge is -2.26. The van der Waals surface area contributed by atoms with Crippen LogP contribution in [0.15, 0.2) is 66.2 Å². The molecule has 7 nitrogen and oxygen atoms in total. The van der Waals surface area contributed by atoms with Gasteiger partial charge in [0.2, 0.25) is 0 Å². The third kappa shape index (κ3) is 3.85. The predicted octanol–water partition coefficient (Wildman–Crippen LogP) is 4.65. The first-order valence-electron chi connectivity index (χ1n) is 10.7. The molecule has 0 spiro atoms. The van der Waals surface area contributed by atoms with Crippen molar-refractivity contribution in [3.8, 4) is 17.2 Å². The molecule has 1 aliphatic rings. The van der Waals surface area contributed by atoms with E-state index in [1.54, 1.807) is 30.3 Å². The standard InChI is InChI=1S/C27H25NO6/c1-15-12-16(2)14-18(13-15)28-24(17-8-10-19(29)11-9-17)23(26(31)27(28)32)25(30)22-20(33-3)6-5-7-21(22)34-4/h5-14,24,29-30H,1-4H3/b25-23+. The molecule has 1 fully saturated rings. The molecule has 1 atom stereocenters. The van der Waals surface area contributed by atoms with Crippen LogP contribution in [-0.4, -0.2) is 36.1 Å². The fourth-order valence-corrected chi connectivity index (χ4v) is 4.38. The molecule has 174 valence electrons. The Morgan fingerprint density at radius 1 is 0.882 bits per heavy atom. The first-order valence-corrected chi connectivity index (χ1v) is 10.7. The summed E-state index contributed by atoms with van der Waals surface area (Å²) in [5.41, 5.74) is 3.00. The largest absolute Gasteiger partial charge is 0.508 e. The Hall–Kier alpha value is -4.26. The van der Waals surface area contributed by atoms with Gasteiger partial charge in [0, 0.05) is 5.69 Å². The molecule has 1 saturated heterocycles. The topological polar surface area (TPSA) is 96.3 Å². The lowest BCUT2D eigenvalue weighted by atomic mass is 9.94. The number of hydrogen-bond donors (Lipinski definition) is 2. The van der Waals surface area contributed by atoms with Gasteiger partial charge in [0.15, 0.2) is 0 Å². The number of phenolic OH excluding ortho intramolecular Hbond substituents is 1. The molecule has 0 bridgehead atoms. The summed E-state index contributed by atoms with van der Waals surface area (Å²) in [5.74, 6) is -1.38. The monoisotopic (exact) mass is 459 g/mol. The summed E-state index contributed by atoms with van der Waals surface area (Å²) in [6.45, 7) is 3.81. The summed E-state index contributed by atoms with van der Waals surface area (Å²) < 4.78 is 10.8. The normalized spacial score (nSPS) is 17.2. The Labute approximate surface area is 197 Å². The number of carbonyl (C=O) groups is 2. The van der Waals surface area contributed by atoms with Crippen molar-refractivity contribution in [2.45, 2.75) is 19.9 Å². The average Bonchev–Trinajstić information content (AvgIpc) is 3.08. The van der Waals surface area contributed by atoms with Crippen LogP contribution in [0.4, 0.5) is 5.69 Å². The highest BCUT2D eigenvalue weighted by molar-refractivity contribution is 6.51. The van der Waals surface area contributed by atoms with E-state index in [1.165, 1.54) is 31.3 Å². The Morgan fingerprint density at radius 2 is 1.44 bits per heavy atom. The third-order valence-electron chi connectivity index (χ3n) is 5.80. The van der Waals surface area contributed by atoms with Crippen LogP contribution in [0.1, 0.15) is 28.3 Å². The van der Waals surface area contributed by atoms with E-state index >= 15 is 0 Å². The summed E-state index contributed by atoms with van der Waals surface area (Å²) in [6.07, 6.45) is 0. The van der Waals surface area contributed by atoms with Crippen LogP contribution in [0.2, 0.25) is 0 Å². The number of ether oxygens (including phenoxy) is 2. The molecular formula is C27H25NO6. The summed E-state index contributed by atoms with van der Waals surface area (Å²) >= 11 is 0. The molecule has 34 heavy (non-hydrogen) atoms. The highest BCUT2D eigenvalue weighted by Gasteiger charge is 2.47. The number of benzene rings is 3. The number of ketones is 1. The van der Waals surface area contributed by atoms with E-state index in [-0.39, 0.29) is 16.9 Å². The van der Waals surface area contributed by atoms with Crippen LogP contribution in [0.25, 0.3) is 5.76 Å². The second-order valence-corrected chi connectivity index (χ2v) is 8.14. The SMILES string of the molecule is COc1cccc(OC)c1/C(O)=C1\C(=O)C(=O)N(c2cc(C)cc(C)c2)C1c1ccc(O)cc1. The van der Waals surface area contributed by atoms with Crippen molar-refractivity contribution in [3.05, 3.63) is 88.5 Å². The van der Waals surface area contributed by atoms with Crippen LogP contribution < -0.4 is 14.4 Å². The van der Waals surface area contributed by atoms with Crippen LogP contribution >= 0.6 is 0 Å². The Bertz CT molecular complexity index is 1270. The van der Waals surface area contributed by atoms with Gasteiger partial charge in [0.1, 0.15) is 28.6 Å². The number of aliphatic hydroxyl groups is 1. The fraction of sp³-hybridized carbons (Fsp3) is 0.185. The third-order valence-corrected chi connectivity index (χ3v) is 5.80. The Morgan fingerprint density at radius 3 is 1.97 bits per heavy atom. The zero-order chi connectivity index (χ0) is 24.6. The molecule has 4 rings (SSSR count). The molecule has 0 radical (unpaired) electrons. The number of rotatable bonds is 5. The van der Waals surface area contributed by atoms with E-state index in [1.807, 2.05) is 32.0 Å². The summed E-state index contributed by atoms with van der Waals surface area (Å²) in [7, 11) is 2.88. The number of aryl methyl sites for hydroxylation is 2. The van der Waals surface area contributed by atoms with Crippen molar-refractivity contribution < 1.29 is 29.3 Å². The number of aliphatic hydroxyl groups excluding tert-OH is 1. The van der Waals surface area contributed by atoms with E-state index < -0.39 is 23.5 Å². The minimum Gasteiger partial charge on any atom is -0.508 e. The van der Waals surface area contributed by atoms with E-state index in [4.69, 9.17) is 9.47 Å². The number of aromatic hydroxyl groups is 1. The summed E-state index contributed by atoms with van der Waals surface area (Å²) in [6, 6.07) is 15.8. The van der Waals surface area contributed by atoms with Gasteiger partial charge in [-0.05, 0) is 66.9 Å². The molecule has 7 heteroatoms. The zero-order valence-electron chi connectivity index (χ0n) is 19.3. The highest BCUT2D eigenvalue weighted by atomic mass is 16.5. The van der Waals surface area contributed by atoms with Gasteiger partial charge in [-0.3, -0.25) is 14.5 Å². The fourth-order valence-electron chi connectivity index (χ4n) is 4.38. The van der Waals surface area contributed by atoms with Crippen molar-refractivity contribution in [2.75, 3.05) is 19.1 Å². The molecule has 1 heterocycles. The van der Waals surface area contributed by atoms with E-state index in [0.29, 0.717) is 22.7 Å². The summed E-state index contributed by atoms with van der Waals surface area (Å²) in [4.78, 5) is 28.1. The van der Waals surface area contributed by atoms with Gasteiger partial charge < -0.3 is 19.7 Å². The quantitative estimate of drug-likeness (QED) is 0.328. The lowest BCUT2D eigenvalue weighted by molar-refractivity contribution is -0.132. The van der Waals surface area contributed by atoms with Crippen LogP contribution in [0.5, 0.6) is 17.2 Å². The molecule has 1 unspecified atom stereocenters. The van der Waals surface area contributed by atoms with E-state index in [0.717, 1.165) is 11.1 Å². The first-order chi connectivity index (χ1) is 16.3. The maximum atomic E-state index is 13.4. The molecular weight excluding hydrogens is 434 g/mol. The Balaban J connectivity index is 2.03. The maximum Gasteiger partial charge on any atom is 0.300 e. The number of carbonyl (C=O) groups excluding carboxylic acids is 2. The molecule has 0 aromatic heterocycles. The summed E-state index contributed by atoms with van der Waals surface area (Å²) in [5, 5.41) is 21.3. The van der Waals surface area contributed by atoms with Gasteiger partial charge in [0.05, 0.1) is 25.8 Å². The second kappa shape index (κ2) is 8.94. The van der Waals surface area contributed by atoms with E-state index in [2.05, 4.69) is 0 Å². The van der Waals surface area contributed by atoms with Crippen LogP contribution in [0.3, 0.4) is 0 Å². The molecule has 3 aromatic rings. The number of methoxy groups -OCH3 is 2. The first kappa shape index (κ1) is 22.9. The predicted molar refractivity (Wildman–Crippen MR) is 128 cm³/mol. The van der Waals surface area contributed by atoms with Gasteiger partial charge in [-0.15, -0.1) is 0 Å². The zero-order valence-corrected chi connectivity index (χ0v) is 19.3. The van der Waals surface area contributed by atoms with Crippen molar-refractivity contribution in [2.24, 2.45) is 0 Å².